The number of benzene rings is 1. The first-order valence-corrected chi connectivity index (χ1v) is 8.33. The Labute approximate surface area is 129 Å². The van der Waals surface area contributed by atoms with Gasteiger partial charge >= 0.3 is 0 Å². The molecule has 0 amide bonds. The van der Waals surface area contributed by atoms with E-state index in [9.17, 15) is 8.42 Å². The van der Waals surface area contributed by atoms with Crippen LogP contribution in [0.2, 0.25) is 0 Å². The summed E-state index contributed by atoms with van der Waals surface area (Å²) in [5.41, 5.74) is 1.78. The molecular formula is C16H17N3O2S. The van der Waals surface area contributed by atoms with E-state index >= 15 is 0 Å². The minimum Gasteiger partial charge on any atom is -0.305 e. The summed E-state index contributed by atoms with van der Waals surface area (Å²) in [7, 11) is 0.350. The quantitative estimate of drug-likeness (QED) is 0.741. The molecule has 6 heteroatoms. The normalized spacial score (nSPS) is 12.1. The molecule has 0 aliphatic rings. The molecule has 3 rings (SSSR count). The van der Waals surface area contributed by atoms with E-state index in [2.05, 4.69) is 9.88 Å². The van der Waals surface area contributed by atoms with Gasteiger partial charge in [-0.1, -0.05) is 12.1 Å². The van der Waals surface area contributed by atoms with Crippen molar-refractivity contribution in [2.45, 2.75) is 11.4 Å². The van der Waals surface area contributed by atoms with E-state index in [1.165, 1.54) is 10.2 Å². The van der Waals surface area contributed by atoms with Crippen molar-refractivity contribution >= 4 is 20.9 Å². The zero-order valence-corrected chi connectivity index (χ0v) is 13.3. The van der Waals surface area contributed by atoms with Crippen molar-refractivity contribution in [1.82, 2.24) is 13.9 Å². The smallest absolute Gasteiger partial charge is 0.269 e. The summed E-state index contributed by atoms with van der Waals surface area (Å²) in [4.78, 5) is 6.14. The summed E-state index contributed by atoms with van der Waals surface area (Å²) in [5.74, 6) is 0. The van der Waals surface area contributed by atoms with E-state index in [-0.39, 0.29) is 4.90 Å². The molecule has 0 aliphatic heterocycles. The van der Waals surface area contributed by atoms with Crippen molar-refractivity contribution in [2.24, 2.45) is 0 Å². The summed E-state index contributed by atoms with van der Waals surface area (Å²) in [6.45, 7) is 0.758. The second-order valence-corrected chi connectivity index (χ2v) is 7.21. The van der Waals surface area contributed by atoms with E-state index in [1.807, 2.05) is 38.4 Å². The zero-order valence-electron chi connectivity index (χ0n) is 12.5. The van der Waals surface area contributed by atoms with Crippen molar-refractivity contribution in [3.05, 3.63) is 60.6 Å². The summed E-state index contributed by atoms with van der Waals surface area (Å²) < 4.78 is 26.8. The van der Waals surface area contributed by atoms with Crippen LogP contribution in [0, 0.1) is 0 Å². The van der Waals surface area contributed by atoms with Crippen molar-refractivity contribution in [3.63, 3.8) is 0 Å². The lowest BCUT2D eigenvalue weighted by atomic mass is 10.1. The predicted octanol–water partition coefficient (Wildman–Crippen LogP) is 2.33. The van der Waals surface area contributed by atoms with Crippen LogP contribution >= 0.6 is 0 Å². The molecule has 0 N–H and O–H groups in total. The zero-order chi connectivity index (χ0) is 15.7. The SMILES string of the molecule is CN(C)Cc1cccc2c1ccn2S(=O)(=O)c1cccnc1. The minimum absolute atomic E-state index is 0.186. The van der Waals surface area contributed by atoms with Crippen molar-refractivity contribution in [2.75, 3.05) is 14.1 Å². The molecule has 22 heavy (non-hydrogen) atoms. The predicted molar refractivity (Wildman–Crippen MR) is 86.1 cm³/mol. The van der Waals surface area contributed by atoms with Crippen LogP contribution in [0.5, 0.6) is 0 Å². The molecule has 3 aromatic rings. The Morgan fingerprint density at radius 1 is 1.14 bits per heavy atom. The van der Waals surface area contributed by atoms with E-state index in [4.69, 9.17) is 0 Å². The number of rotatable bonds is 4. The maximum absolute atomic E-state index is 12.8. The monoisotopic (exact) mass is 315 g/mol. The van der Waals surface area contributed by atoms with Gasteiger partial charge in [-0.2, -0.15) is 0 Å². The van der Waals surface area contributed by atoms with Crippen molar-refractivity contribution in [3.8, 4) is 0 Å². The van der Waals surface area contributed by atoms with Crippen LogP contribution in [-0.2, 0) is 16.6 Å². The van der Waals surface area contributed by atoms with Crippen LogP contribution in [0.15, 0.2) is 59.9 Å². The highest BCUT2D eigenvalue weighted by Gasteiger charge is 2.19. The Hall–Kier alpha value is -2.18. The molecule has 0 spiro atoms. The van der Waals surface area contributed by atoms with E-state index in [0.717, 1.165) is 17.5 Å². The van der Waals surface area contributed by atoms with Crippen LogP contribution in [0.3, 0.4) is 0 Å². The Bertz CT molecular complexity index is 900. The second kappa shape index (κ2) is 5.55. The summed E-state index contributed by atoms with van der Waals surface area (Å²) in [6.07, 6.45) is 4.53. The fraction of sp³-hybridized carbons (Fsp3) is 0.188. The van der Waals surface area contributed by atoms with Crippen LogP contribution in [-0.4, -0.2) is 36.4 Å². The highest BCUT2D eigenvalue weighted by Crippen LogP contribution is 2.25. The molecular weight excluding hydrogens is 298 g/mol. The molecule has 0 fully saturated rings. The summed E-state index contributed by atoms with van der Waals surface area (Å²) >= 11 is 0. The van der Waals surface area contributed by atoms with Gasteiger partial charge in [0, 0.05) is 30.5 Å². The molecule has 5 nitrogen and oxygen atoms in total. The third-order valence-corrected chi connectivity index (χ3v) is 5.14. The molecule has 1 aromatic carbocycles. The standard InChI is InChI=1S/C16H17N3O2S/c1-18(2)12-13-5-3-7-16-15(13)8-10-19(16)22(20,21)14-6-4-9-17-11-14/h3-11H,12H2,1-2H3. The molecule has 0 atom stereocenters. The number of fused-ring (bicyclic) bond motifs is 1. The van der Waals surface area contributed by atoms with Gasteiger partial charge in [0.2, 0.25) is 0 Å². The topological polar surface area (TPSA) is 55.2 Å². The fourth-order valence-corrected chi connectivity index (χ4v) is 3.82. The Morgan fingerprint density at radius 2 is 1.95 bits per heavy atom. The fourth-order valence-electron chi connectivity index (χ4n) is 2.51. The van der Waals surface area contributed by atoms with E-state index in [1.54, 1.807) is 24.5 Å². The maximum Gasteiger partial charge on any atom is 0.269 e. The molecule has 0 saturated heterocycles. The lowest BCUT2D eigenvalue weighted by Crippen LogP contribution is -2.13. The van der Waals surface area contributed by atoms with Gasteiger partial charge in [-0.15, -0.1) is 0 Å². The van der Waals surface area contributed by atoms with Gasteiger partial charge in [0.15, 0.2) is 0 Å². The number of hydrogen-bond donors (Lipinski definition) is 0. The van der Waals surface area contributed by atoms with Crippen LogP contribution in [0.4, 0.5) is 0 Å². The lowest BCUT2D eigenvalue weighted by molar-refractivity contribution is 0.404. The molecule has 114 valence electrons. The number of aromatic nitrogens is 2. The molecule has 0 bridgehead atoms. The van der Waals surface area contributed by atoms with E-state index < -0.39 is 10.0 Å². The molecule has 2 heterocycles. The third kappa shape index (κ3) is 2.51. The minimum atomic E-state index is -3.63. The maximum atomic E-state index is 12.8. The molecule has 0 radical (unpaired) electrons. The lowest BCUT2D eigenvalue weighted by Gasteiger charge is -2.11. The van der Waals surface area contributed by atoms with Gasteiger partial charge in [0.05, 0.1) is 5.52 Å². The largest absolute Gasteiger partial charge is 0.305 e. The van der Waals surface area contributed by atoms with Gasteiger partial charge in [0.25, 0.3) is 10.0 Å². The molecule has 0 unspecified atom stereocenters. The van der Waals surface area contributed by atoms with E-state index in [0.29, 0.717) is 5.52 Å². The second-order valence-electron chi connectivity index (χ2n) is 5.39. The van der Waals surface area contributed by atoms with Crippen LogP contribution in [0.1, 0.15) is 5.56 Å². The molecule has 2 aromatic heterocycles. The van der Waals surface area contributed by atoms with Crippen molar-refractivity contribution < 1.29 is 8.42 Å². The van der Waals surface area contributed by atoms with Gasteiger partial charge in [-0.25, -0.2) is 12.4 Å². The number of nitrogens with zero attached hydrogens (tertiary/aromatic N) is 3. The van der Waals surface area contributed by atoms with Crippen LogP contribution < -0.4 is 0 Å². The van der Waals surface area contributed by atoms with Gasteiger partial charge < -0.3 is 4.90 Å². The number of pyridine rings is 1. The molecule has 0 aliphatic carbocycles. The summed E-state index contributed by atoms with van der Waals surface area (Å²) in [6, 6.07) is 10.7. The molecule has 0 saturated carbocycles. The Balaban J connectivity index is 2.17. The average Bonchev–Trinajstić information content (AvgIpc) is 2.93. The highest BCUT2D eigenvalue weighted by atomic mass is 32.2. The van der Waals surface area contributed by atoms with Gasteiger partial charge in [0.1, 0.15) is 4.90 Å². The third-order valence-electron chi connectivity index (χ3n) is 3.47. The summed E-state index contributed by atoms with van der Waals surface area (Å²) in [5, 5.41) is 0.948. The Kier molecular flexibility index (Phi) is 3.72. The Morgan fingerprint density at radius 3 is 2.64 bits per heavy atom. The first-order valence-electron chi connectivity index (χ1n) is 6.89. The van der Waals surface area contributed by atoms with Crippen molar-refractivity contribution in [1.29, 1.82) is 0 Å². The first kappa shape index (κ1) is 14.7. The first-order chi connectivity index (χ1) is 10.5. The van der Waals surface area contributed by atoms with Gasteiger partial charge in [-0.3, -0.25) is 4.98 Å². The van der Waals surface area contributed by atoms with Gasteiger partial charge in [-0.05, 0) is 43.9 Å². The number of hydrogen-bond acceptors (Lipinski definition) is 4. The average molecular weight is 315 g/mol. The van der Waals surface area contributed by atoms with Crippen LogP contribution in [0.25, 0.3) is 10.9 Å². The highest BCUT2D eigenvalue weighted by molar-refractivity contribution is 7.90.